The molecule has 5 aromatic carbocycles. The van der Waals surface area contributed by atoms with E-state index in [0.717, 1.165) is 45.3 Å². The van der Waals surface area contributed by atoms with Gasteiger partial charge in [-0.05, 0) is 60.7 Å². The third kappa shape index (κ3) is 3.14. The number of hydrogen-bond donors (Lipinski definition) is 1. The van der Waals surface area contributed by atoms with Gasteiger partial charge in [-0.3, -0.25) is 4.57 Å². The number of ether oxygens (including phenoxy) is 1. The molecule has 0 atom stereocenters. The molecule has 6 aromatic rings. The van der Waals surface area contributed by atoms with Crippen LogP contribution in [-0.2, 0) is 0 Å². The minimum absolute atomic E-state index is 0.154. The predicted molar refractivity (Wildman–Crippen MR) is 143 cm³/mol. The van der Waals surface area contributed by atoms with E-state index < -0.39 is 0 Å². The first kappa shape index (κ1) is 20.4. The Bertz CT molecular complexity index is 1690. The quantitative estimate of drug-likeness (QED) is 0.286. The second-order valence-electron chi connectivity index (χ2n) is 8.67. The van der Waals surface area contributed by atoms with E-state index in [1.54, 1.807) is 6.07 Å². The molecule has 7 rings (SSSR count). The molecule has 0 saturated carbocycles. The molecule has 0 amide bonds. The second kappa shape index (κ2) is 8.03. The minimum Gasteiger partial charge on any atom is -0.507 e. The van der Waals surface area contributed by atoms with Gasteiger partial charge in [-0.1, -0.05) is 54.6 Å². The Hall–Kier alpha value is -5.03. The normalized spacial score (nSPS) is 12.2. The Balaban J connectivity index is 1.40. The summed E-state index contributed by atoms with van der Waals surface area (Å²) in [5.74, 6) is 2.38. The summed E-state index contributed by atoms with van der Waals surface area (Å²) in [4.78, 5) is 7.01. The van der Waals surface area contributed by atoms with Gasteiger partial charge < -0.3 is 14.7 Å². The van der Waals surface area contributed by atoms with Gasteiger partial charge in [0, 0.05) is 11.8 Å². The first-order chi connectivity index (χ1) is 17.8. The van der Waals surface area contributed by atoms with Crippen molar-refractivity contribution >= 4 is 28.1 Å². The highest BCUT2D eigenvalue weighted by molar-refractivity contribution is 5.89. The third-order valence-corrected chi connectivity index (χ3v) is 6.49. The summed E-state index contributed by atoms with van der Waals surface area (Å²) in [6.07, 6.45) is 0. The molecular weight excluding hydrogens is 446 g/mol. The molecule has 172 valence electrons. The van der Waals surface area contributed by atoms with Crippen molar-refractivity contribution < 1.29 is 9.84 Å². The molecule has 0 fully saturated rings. The van der Waals surface area contributed by atoms with E-state index >= 15 is 0 Å². The summed E-state index contributed by atoms with van der Waals surface area (Å²) in [6, 6.07) is 39.7. The van der Waals surface area contributed by atoms with Crippen LogP contribution < -0.4 is 9.64 Å². The van der Waals surface area contributed by atoms with Crippen LogP contribution in [0, 0.1) is 0 Å². The molecule has 1 aliphatic heterocycles. The van der Waals surface area contributed by atoms with Gasteiger partial charge >= 0.3 is 0 Å². The van der Waals surface area contributed by atoms with Crippen LogP contribution in [0.2, 0.25) is 0 Å². The molecule has 0 unspecified atom stereocenters. The summed E-state index contributed by atoms with van der Waals surface area (Å²) < 4.78 is 8.22. The van der Waals surface area contributed by atoms with Crippen LogP contribution >= 0.6 is 0 Å². The van der Waals surface area contributed by atoms with Crippen LogP contribution in [0.5, 0.6) is 17.2 Å². The number of imidazole rings is 1. The monoisotopic (exact) mass is 467 g/mol. The van der Waals surface area contributed by atoms with Gasteiger partial charge in [-0.2, -0.15) is 0 Å². The average molecular weight is 468 g/mol. The van der Waals surface area contributed by atoms with E-state index in [-0.39, 0.29) is 5.75 Å². The van der Waals surface area contributed by atoms with Gasteiger partial charge in [0.1, 0.15) is 11.6 Å². The lowest BCUT2D eigenvalue weighted by atomic mass is 10.1. The maximum absolute atomic E-state index is 11.4. The number of para-hydroxylation sites is 7. The number of anilines is 3. The number of rotatable bonds is 3. The average Bonchev–Trinajstić information content (AvgIpc) is 3.31. The van der Waals surface area contributed by atoms with E-state index in [0.29, 0.717) is 11.4 Å². The molecule has 2 heterocycles. The molecule has 1 N–H and O–H groups in total. The lowest BCUT2D eigenvalue weighted by molar-refractivity contribution is 0.474. The summed E-state index contributed by atoms with van der Waals surface area (Å²) in [5.41, 5.74) is 6.17. The summed E-state index contributed by atoms with van der Waals surface area (Å²) in [7, 11) is 0. The maximum Gasteiger partial charge on any atom is 0.151 e. The van der Waals surface area contributed by atoms with Crippen molar-refractivity contribution in [1.29, 1.82) is 0 Å². The number of aromatic hydroxyl groups is 1. The number of benzene rings is 5. The zero-order valence-corrected chi connectivity index (χ0v) is 19.2. The number of phenols is 1. The number of nitrogens with zero attached hydrogens (tertiary/aromatic N) is 3. The molecule has 0 aliphatic carbocycles. The fourth-order valence-corrected chi connectivity index (χ4v) is 4.88. The fraction of sp³-hybridized carbons (Fsp3) is 0. The number of aromatic nitrogens is 2. The predicted octanol–water partition coefficient (Wildman–Crippen LogP) is 7.97. The molecular formula is C31H21N3O2. The molecule has 5 nitrogen and oxygen atoms in total. The summed E-state index contributed by atoms with van der Waals surface area (Å²) in [6.45, 7) is 0. The van der Waals surface area contributed by atoms with Crippen molar-refractivity contribution in [1.82, 2.24) is 9.55 Å². The van der Waals surface area contributed by atoms with Crippen molar-refractivity contribution in [3.05, 3.63) is 121 Å². The van der Waals surface area contributed by atoms with Crippen molar-refractivity contribution in [2.45, 2.75) is 0 Å². The zero-order valence-electron chi connectivity index (χ0n) is 19.2. The van der Waals surface area contributed by atoms with E-state index in [4.69, 9.17) is 9.72 Å². The Labute approximate surface area is 208 Å². The Morgan fingerprint density at radius 2 is 1.25 bits per heavy atom. The minimum atomic E-state index is 0.154. The zero-order chi connectivity index (χ0) is 24.1. The van der Waals surface area contributed by atoms with Crippen LogP contribution in [0.15, 0.2) is 121 Å². The summed E-state index contributed by atoms with van der Waals surface area (Å²) >= 11 is 0. The van der Waals surface area contributed by atoms with Crippen molar-refractivity contribution in [3.8, 4) is 34.3 Å². The standard InChI is InChI=1S/C31H21N3O2/c35-28-20-22(33-26-14-6-8-16-29(26)36-30-17-9-7-15-27(30)33)18-19-23(28)31-32-24-12-4-5-13-25(24)34(31)21-10-2-1-3-11-21/h1-20,35H. The number of hydrogen-bond acceptors (Lipinski definition) is 4. The van der Waals surface area contributed by atoms with Crippen molar-refractivity contribution in [2.75, 3.05) is 4.90 Å². The molecule has 1 aromatic heterocycles. The molecule has 36 heavy (non-hydrogen) atoms. The Morgan fingerprint density at radius 1 is 0.611 bits per heavy atom. The molecule has 0 saturated heterocycles. The highest BCUT2D eigenvalue weighted by atomic mass is 16.5. The lowest BCUT2D eigenvalue weighted by Crippen LogP contribution is -2.15. The van der Waals surface area contributed by atoms with Crippen LogP contribution in [0.1, 0.15) is 0 Å². The molecule has 0 bridgehead atoms. The Kier molecular flexibility index (Phi) is 4.54. The highest BCUT2D eigenvalue weighted by Gasteiger charge is 2.26. The maximum atomic E-state index is 11.4. The third-order valence-electron chi connectivity index (χ3n) is 6.49. The van der Waals surface area contributed by atoms with Gasteiger partial charge in [-0.25, -0.2) is 4.98 Å². The van der Waals surface area contributed by atoms with Gasteiger partial charge in [0.15, 0.2) is 11.5 Å². The second-order valence-corrected chi connectivity index (χ2v) is 8.67. The fourth-order valence-electron chi connectivity index (χ4n) is 4.88. The van der Waals surface area contributed by atoms with E-state index in [9.17, 15) is 5.11 Å². The smallest absolute Gasteiger partial charge is 0.151 e. The van der Waals surface area contributed by atoms with Crippen LogP contribution in [0.3, 0.4) is 0 Å². The summed E-state index contributed by atoms with van der Waals surface area (Å²) in [5, 5.41) is 11.4. The molecule has 5 heteroatoms. The SMILES string of the molecule is Oc1cc(N2c3ccccc3Oc3ccccc32)ccc1-c1nc2ccccc2n1-c1ccccc1. The van der Waals surface area contributed by atoms with E-state index in [2.05, 4.69) is 9.47 Å². The van der Waals surface area contributed by atoms with Crippen LogP contribution in [0.4, 0.5) is 17.1 Å². The highest BCUT2D eigenvalue weighted by Crippen LogP contribution is 2.51. The molecule has 0 radical (unpaired) electrons. The van der Waals surface area contributed by atoms with Gasteiger partial charge in [0.2, 0.25) is 0 Å². The van der Waals surface area contributed by atoms with Crippen LogP contribution in [-0.4, -0.2) is 14.7 Å². The van der Waals surface area contributed by atoms with Crippen molar-refractivity contribution in [2.24, 2.45) is 0 Å². The molecule has 1 aliphatic rings. The number of fused-ring (bicyclic) bond motifs is 3. The van der Waals surface area contributed by atoms with Gasteiger partial charge in [0.05, 0.1) is 33.7 Å². The van der Waals surface area contributed by atoms with Gasteiger partial charge in [-0.15, -0.1) is 0 Å². The van der Waals surface area contributed by atoms with Gasteiger partial charge in [0.25, 0.3) is 0 Å². The Morgan fingerprint density at radius 3 is 1.97 bits per heavy atom. The van der Waals surface area contributed by atoms with Crippen molar-refractivity contribution in [3.63, 3.8) is 0 Å². The largest absolute Gasteiger partial charge is 0.507 e. The first-order valence-electron chi connectivity index (χ1n) is 11.8. The van der Waals surface area contributed by atoms with E-state index in [1.165, 1.54) is 0 Å². The van der Waals surface area contributed by atoms with E-state index in [1.807, 2.05) is 115 Å². The van der Waals surface area contributed by atoms with Crippen LogP contribution in [0.25, 0.3) is 28.1 Å². The topological polar surface area (TPSA) is 50.5 Å². The first-order valence-corrected chi connectivity index (χ1v) is 11.8. The molecule has 0 spiro atoms. The number of phenolic OH excluding ortho intramolecular Hbond substituents is 1. The lowest BCUT2D eigenvalue weighted by Gasteiger charge is -2.32.